The molecule has 3 rings (SSSR count). The number of nitrogens with zero attached hydrogens (tertiary/aromatic N) is 3. The maximum Gasteiger partial charge on any atom is 0.244 e. The van der Waals surface area contributed by atoms with Crippen LogP contribution in [0.15, 0.2) is 30.3 Å². The van der Waals surface area contributed by atoms with Crippen molar-refractivity contribution >= 4 is 23.4 Å². The summed E-state index contributed by atoms with van der Waals surface area (Å²) in [6, 6.07) is 9.57. The van der Waals surface area contributed by atoms with E-state index in [1.54, 1.807) is 9.58 Å². The van der Waals surface area contributed by atoms with Crippen LogP contribution in [0, 0.1) is 19.8 Å². The fourth-order valence-corrected chi connectivity index (χ4v) is 3.52. The minimum absolute atomic E-state index is 0.0117. The summed E-state index contributed by atoms with van der Waals surface area (Å²) in [5.74, 6) is -0.109. The maximum atomic E-state index is 12.5. The van der Waals surface area contributed by atoms with Crippen molar-refractivity contribution in [2.24, 2.45) is 5.92 Å². The summed E-state index contributed by atoms with van der Waals surface area (Å²) in [6.45, 7) is 5.75. The van der Waals surface area contributed by atoms with Crippen molar-refractivity contribution in [1.29, 1.82) is 0 Å². The minimum atomic E-state index is -0.139. The van der Waals surface area contributed by atoms with Gasteiger partial charge in [-0.15, -0.1) is 0 Å². The number of carbonyl (C=O) groups is 2. The summed E-state index contributed by atoms with van der Waals surface area (Å²) in [5, 5.41) is 8.02. The summed E-state index contributed by atoms with van der Waals surface area (Å²) >= 11 is 5.87. The highest BCUT2D eigenvalue weighted by atomic mass is 35.5. The molecule has 144 valence electrons. The number of aryl methyl sites for hydroxylation is 2. The molecule has 1 atom stereocenters. The van der Waals surface area contributed by atoms with Crippen LogP contribution in [0.4, 0.5) is 0 Å². The van der Waals surface area contributed by atoms with Gasteiger partial charge in [0.05, 0.1) is 11.6 Å². The molecule has 1 N–H and O–H groups in total. The van der Waals surface area contributed by atoms with Gasteiger partial charge >= 0.3 is 0 Å². The first-order valence-electron chi connectivity index (χ1n) is 9.23. The standard InChI is InChI=1S/C20H25ClN4O2/c1-14-11-15(2)25(23-14)13-19(26)24-10-8-17(12-24)20(27)22-9-7-16-3-5-18(21)6-4-16/h3-6,11,17H,7-10,12-13H2,1-2H3,(H,22,27). The lowest BCUT2D eigenvalue weighted by Crippen LogP contribution is -2.36. The molecule has 1 aromatic carbocycles. The van der Waals surface area contributed by atoms with Gasteiger partial charge in [-0.3, -0.25) is 14.3 Å². The van der Waals surface area contributed by atoms with Gasteiger partial charge in [-0.2, -0.15) is 5.10 Å². The Morgan fingerprint density at radius 2 is 2.00 bits per heavy atom. The zero-order chi connectivity index (χ0) is 19.4. The first-order valence-corrected chi connectivity index (χ1v) is 9.61. The van der Waals surface area contributed by atoms with Gasteiger partial charge < -0.3 is 10.2 Å². The molecule has 27 heavy (non-hydrogen) atoms. The highest BCUT2D eigenvalue weighted by molar-refractivity contribution is 6.30. The fourth-order valence-electron chi connectivity index (χ4n) is 3.39. The number of amides is 2. The van der Waals surface area contributed by atoms with Crippen LogP contribution in [0.5, 0.6) is 0 Å². The number of halogens is 1. The van der Waals surface area contributed by atoms with E-state index >= 15 is 0 Å². The molecule has 0 saturated carbocycles. The lowest BCUT2D eigenvalue weighted by atomic mass is 10.1. The molecule has 2 amide bonds. The van der Waals surface area contributed by atoms with Crippen LogP contribution in [-0.4, -0.2) is 46.1 Å². The van der Waals surface area contributed by atoms with Crippen LogP contribution < -0.4 is 5.32 Å². The van der Waals surface area contributed by atoms with Crippen molar-refractivity contribution in [3.8, 4) is 0 Å². The molecule has 2 heterocycles. The van der Waals surface area contributed by atoms with Crippen LogP contribution >= 0.6 is 11.6 Å². The fraction of sp³-hybridized carbons (Fsp3) is 0.450. The number of carbonyl (C=O) groups excluding carboxylic acids is 2. The molecule has 1 aliphatic rings. The Balaban J connectivity index is 1.44. The van der Waals surface area contributed by atoms with Crippen molar-refractivity contribution in [3.63, 3.8) is 0 Å². The second-order valence-electron chi connectivity index (χ2n) is 7.08. The first kappa shape index (κ1) is 19.4. The molecule has 1 aromatic heterocycles. The third kappa shape index (κ3) is 5.10. The molecule has 1 fully saturated rings. The number of hydrogen-bond acceptors (Lipinski definition) is 3. The molecule has 0 bridgehead atoms. The van der Waals surface area contributed by atoms with Crippen molar-refractivity contribution in [2.45, 2.75) is 33.2 Å². The average molecular weight is 389 g/mol. The van der Waals surface area contributed by atoms with E-state index in [1.165, 1.54) is 0 Å². The van der Waals surface area contributed by atoms with Crippen molar-refractivity contribution < 1.29 is 9.59 Å². The van der Waals surface area contributed by atoms with E-state index < -0.39 is 0 Å². The zero-order valence-corrected chi connectivity index (χ0v) is 16.5. The molecular formula is C20H25ClN4O2. The molecule has 1 saturated heterocycles. The van der Waals surface area contributed by atoms with Crippen molar-refractivity contribution in [3.05, 3.63) is 52.3 Å². The summed E-state index contributed by atoms with van der Waals surface area (Å²) in [7, 11) is 0. The molecule has 0 aliphatic carbocycles. The smallest absolute Gasteiger partial charge is 0.244 e. The van der Waals surface area contributed by atoms with Gasteiger partial charge in [0.1, 0.15) is 6.54 Å². The Bertz CT molecular complexity index is 816. The first-order chi connectivity index (χ1) is 12.9. The van der Waals surface area contributed by atoms with Crippen LogP contribution in [0.3, 0.4) is 0 Å². The Morgan fingerprint density at radius 3 is 2.67 bits per heavy atom. The average Bonchev–Trinajstić information content (AvgIpc) is 3.24. The highest BCUT2D eigenvalue weighted by Gasteiger charge is 2.31. The van der Waals surface area contributed by atoms with Gasteiger partial charge in [-0.05, 0) is 50.5 Å². The molecule has 2 aromatic rings. The third-order valence-corrected chi connectivity index (χ3v) is 5.18. The molecule has 6 nitrogen and oxygen atoms in total. The van der Waals surface area contributed by atoms with E-state index in [4.69, 9.17) is 11.6 Å². The molecule has 7 heteroatoms. The number of rotatable bonds is 6. The number of aromatic nitrogens is 2. The number of likely N-dealkylation sites (tertiary alicyclic amines) is 1. The van der Waals surface area contributed by atoms with Gasteiger partial charge in [0.2, 0.25) is 11.8 Å². The predicted octanol–water partition coefficient (Wildman–Crippen LogP) is 2.36. The van der Waals surface area contributed by atoms with Crippen molar-refractivity contribution in [2.75, 3.05) is 19.6 Å². The summed E-state index contributed by atoms with van der Waals surface area (Å²) in [5.41, 5.74) is 3.00. The predicted molar refractivity (Wildman–Crippen MR) is 105 cm³/mol. The van der Waals surface area contributed by atoms with Crippen LogP contribution in [0.25, 0.3) is 0 Å². The lowest BCUT2D eigenvalue weighted by molar-refractivity contribution is -0.131. The maximum absolute atomic E-state index is 12.5. The van der Waals surface area contributed by atoms with E-state index in [2.05, 4.69) is 10.4 Å². The summed E-state index contributed by atoms with van der Waals surface area (Å²) < 4.78 is 1.72. The van der Waals surface area contributed by atoms with E-state index in [0.29, 0.717) is 31.1 Å². The Labute approximate surface area is 164 Å². The monoisotopic (exact) mass is 388 g/mol. The molecular weight excluding hydrogens is 364 g/mol. The van der Waals surface area contributed by atoms with E-state index in [1.807, 2.05) is 44.2 Å². The van der Waals surface area contributed by atoms with Gasteiger partial charge in [-0.1, -0.05) is 23.7 Å². The lowest BCUT2D eigenvalue weighted by Gasteiger charge is -2.17. The van der Waals surface area contributed by atoms with E-state index in [9.17, 15) is 9.59 Å². The SMILES string of the molecule is Cc1cc(C)n(CC(=O)N2CCC(C(=O)NCCc3ccc(Cl)cc3)C2)n1. The minimum Gasteiger partial charge on any atom is -0.355 e. The highest BCUT2D eigenvalue weighted by Crippen LogP contribution is 2.17. The Kier molecular flexibility index (Phi) is 6.16. The normalized spacial score (nSPS) is 16.6. The second kappa shape index (κ2) is 8.57. The second-order valence-corrected chi connectivity index (χ2v) is 7.51. The van der Waals surface area contributed by atoms with Gasteiger partial charge in [0, 0.05) is 30.4 Å². The summed E-state index contributed by atoms with van der Waals surface area (Å²) in [4.78, 5) is 26.6. The Morgan fingerprint density at radius 1 is 1.26 bits per heavy atom. The Hall–Kier alpha value is -2.34. The third-order valence-electron chi connectivity index (χ3n) is 4.93. The number of hydrogen-bond donors (Lipinski definition) is 1. The zero-order valence-electron chi connectivity index (χ0n) is 15.7. The number of benzene rings is 1. The molecule has 1 aliphatic heterocycles. The summed E-state index contributed by atoms with van der Waals surface area (Å²) in [6.07, 6.45) is 1.46. The topological polar surface area (TPSA) is 67.2 Å². The van der Waals surface area contributed by atoms with Gasteiger partial charge in [0.25, 0.3) is 0 Å². The van der Waals surface area contributed by atoms with Crippen molar-refractivity contribution in [1.82, 2.24) is 20.0 Å². The quantitative estimate of drug-likeness (QED) is 0.826. The van der Waals surface area contributed by atoms with E-state index in [-0.39, 0.29) is 24.3 Å². The number of nitrogens with one attached hydrogen (secondary N) is 1. The molecule has 1 unspecified atom stereocenters. The van der Waals surface area contributed by atoms with E-state index in [0.717, 1.165) is 23.4 Å². The van der Waals surface area contributed by atoms with Gasteiger partial charge in [-0.25, -0.2) is 0 Å². The van der Waals surface area contributed by atoms with Gasteiger partial charge in [0.15, 0.2) is 0 Å². The molecule has 0 spiro atoms. The molecule has 0 radical (unpaired) electrons. The van der Waals surface area contributed by atoms with Crippen LogP contribution in [0.1, 0.15) is 23.4 Å². The van der Waals surface area contributed by atoms with Crippen LogP contribution in [-0.2, 0) is 22.6 Å². The van der Waals surface area contributed by atoms with Crippen LogP contribution in [0.2, 0.25) is 5.02 Å². The largest absolute Gasteiger partial charge is 0.355 e.